The van der Waals surface area contributed by atoms with Gasteiger partial charge in [-0.15, -0.1) is 0 Å². The first-order valence-electron chi connectivity index (χ1n) is 9.83. The van der Waals surface area contributed by atoms with Gasteiger partial charge in [0, 0.05) is 33.3 Å². The highest BCUT2D eigenvalue weighted by Gasteiger charge is 2.22. The fraction of sp³-hybridized carbons (Fsp3) is 0.304. The fourth-order valence-electron chi connectivity index (χ4n) is 3.93. The van der Waals surface area contributed by atoms with E-state index < -0.39 is 0 Å². The molecule has 1 N–H and O–H groups in total. The maximum atomic E-state index is 12.0. The summed E-state index contributed by atoms with van der Waals surface area (Å²) in [5, 5.41) is 1.59. The van der Waals surface area contributed by atoms with Crippen LogP contribution in [0.4, 0.5) is 5.69 Å². The summed E-state index contributed by atoms with van der Waals surface area (Å²) in [6.45, 7) is 8.04. The van der Waals surface area contributed by atoms with Crippen LogP contribution >= 0.6 is 11.6 Å². The zero-order valence-corrected chi connectivity index (χ0v) is 17.4. The van der Waals surface area contributed by atoms with Crippen LogP contribution in [0.2, 0.25) is 5.02 Å². The summed E-state index contributed by atoms with van der Waals surface area (Å²) in [5.41, 5.74) is 4.03. The van der Waals surface area contributed by atoms with E-state index in [2.05, 4.69) is 4.90 Å². The Morgan fingerprint density at radius 1 is 1.14 bits per heavy atom. The quantitative estimate of drug-likeness (QED) is 0.530. The molecule has 1 fully saturated rings. The number of aryl methyl sites for hydroxylation is 1. The molecule has 0 amide bonds. The van der Waals surface area contributed by atoms with Crippen molar-refractivity contribution in [3.05, 3.63) is 74.6 Å². The molecule has 4 rings (SSSR count). The van der Waals surface area contributed by atoms with E-state index in [4.69, 9.17) is 16.0 Å². The second kappa shape index (κ2) is 8.01. The number of nitrogens with one attached hydrogen (secondary N) is 1. The minimum Gasteiger partial charge on any atom is -0.423 e. The summed E-state index contributed by atoms with van der Waals surface area (Å²) in [6.07, 6.45) is 0. The lowest BCUT2D eigenvalue weighted by atomic mass is 10.1. The molecule has 1 aromatic heterocycles. The number of hydrogen-bond donors (Lipinski definition) is 1. The lowest BCUT2D eigenvalue weighted by Crippen LogP contribution is -3.13. The van der Waals surface area contributed by atoms with E-state index in [1.54, 1.807) is 13.0 Å². The number of fused-ring (bicyclic) bond motifs is 1. The lowest BCUT2D eigenvalue weighted by Gasteiger charge is -2.33. The number of rotatable bonds is 4. The van der Waals surface area contributed by atoms with Crippen molar-refractivity contribution in [1.29, 1.82) is 0 Å². The summed E-state index contributed by atoms with van der Waals surface area (Å²) in [5.74, 6) is 0.0840. The molecule has 1 aliphatic rings. The van der Waals surface area contributed by atoms with Crippen molar-refractivity contribution >= 4 is 34.0 Å². The number of Topliss-reactive ketones (excluding diaryl/α,β-unsaturated/α-hetero) is 1. The van der Waals surface area contributed by atoms with Gasteiger partial charge in [0.05, 0.1) is 26.2 Å². The minimum absolute atomic E-state index is 0.0840. The van der Waals surface area contributed by atoms with Crippen LogP contribution in [0.15, 0.2) is 51.7 Å². The summed E-state index contributed by atoms with van der Waals surface area (Å²) in [4.78, 5) is 27.2. The fourth-order valence-corrected chi connectivity index (χ4v) is 4.09. The molecule has 2 heterocycles. The number of nitrogens with zero attached hydrogens (tertiary/aromatic N) is 1. The molecule has 0 bridgehead atoms. The van der Waals surface area contributed by atoms with Gasteiger partial charge in [-0.05, 0) is 55.8 Å². The summed E-state index contributed by atoms with van der Waals surface area (Å²) in [7, 11) is 0. The molecule has 6 heteroatoms. The number of anilines is 1. The maximum absolute atomic E-state index is 12.0. The lowest BCUT2D eigenvalue weighted by molar-refractivity contribution is -0.914. The van der Waals surface area contributed by atoms with Crippen LogP contribution in [-0.4, -0.2) is 32.0 Å². The van der Waals surface area contributed by atoms with Crippen molar-refractivity contribution in [3.8, 4) is 0 Å². The Morgan fingerprint density at radius 3 is 2.48 bits per heavy atom. The number of carbonyl (C=O) groups excluding carboxylic acids is 1. The highest BCUT2D eigenvalue weighted by atomic mass is 35.5. The van der Waals surface area contributed by atoms with Crippen molar-refractivity contribution in [1.82, 2.24) is 0 Å². The van der Waals surface area contributed by atoms with Crippen molar-refractivity contribution in [2.75, 3.05) is 31.1 Å². The van der Waals surface area contributed by atoms with Crippen LogP contribution in [-0.2, 0) is 6.54 Å². The van der Waals surface area contributed by atoms with Gasteiger partial charge in [-0.2, -0.15) is 0 Å². The number of ketones is 1. The van der Waals surface area contributed by atoms with Gasteiger partial charge in [0.1, 0.15) is 12.1 Å². The van der Waals surface area contributed by atoms with Crippen LogP contribution in [0.3, 0.4) is 0 Å². The van der Waals surface area contributed by atoms with Gasteiger partial charge >= 0.3 is 5.63 Å². The minimum atomic E-state index is -0.321. The van der Waals surface area contributed by atoms with Crippen LogP contribution in [0.25, 0.3) is 11.0 Å². The normalized spacial score (nSPS) is 15.1. The molecule has 29 heavy (non-hydrogen) atoms. The van der Waals surface area contributed by atoms with Crippen LogP contribution in [0.5, 0.6) is 0 Å². The van der Waals surface area contributed by atoms with E-state index in [0.717, 1.165) is 60.5 Å². The predicted octanol–water partition coefficient (Wildman–Crippen LogP) is 2.86. The maximum Gasteiger partial charge on any atom is 0.336 e. The third kappa shape index (κ3) is 4.21. The number of benzene rings is 2. The monoisotopic (exact) mass is 411 g/mol. The van der Waals surface area contributed by atoms with Crippen molar-refractivity contribution in [2.24, 2.45) is 0 Å². The number of halogens is 1. The Bertz CT molecular complexity index is 1110. The van der Waals surface area contributed by atoms with Gasteiger partial charge in [-0.3, -0.25) is 4.79 Å². The van der Waals surface area contributed by atoms with Gasteiger partial charge in [-0.25, -0.2) is 4.79 Å². The number of piperazine rings is 1. The molecule has 0 radical (unpaired) electrons. The second-order valence-electron chi connectivity index (χ2n) is 7.71. The smallest absolute Gasteiger partial charge is 0.336 e. The highest BCUT2D eigenvalue weighted by Crippen LogP contribution is 2.25. The average molecular weight is 412 g/mol. The van der Waals surface area contributed by atoms with Gasteiger partial charge in [0.25, 0.3) is 0 Å². The molecular weight excluding hydrogens is 388 g/mol. The van der Waals surface area contributed by atoms with Crippen LogP contribution < -0.4 is 15.4 Å². The number of quaternary nitrogens is 1. The van der Waals surface area contributed by atoms with Gasteiger partial charge in [0.2, 0.25) is 0 Å². The number of carbonyl (C=O) groups is 1. The molecule has 1 aliphatic heterocycles. The molecule has 1 saturated heterocycles. The zero-order chi connectivity index (χ0) is 20.5. The largest absolute Gasteiger partial charge is 0.423 e. The Labute approximate surface area is 174 Å². The first kappa shape index (κ1) is 19.7. The summed E-state index contributed by atoms with van der Waals surface area (Å²) >= 11 is 6.31. The highest BCUT2D eigenvalue weighted by molar-refractivity contribution is 6.32. The molecular formula is C23H24ClN2O3+. The third-order valence-electron chi connectivity index (χ3n) is 5.66. The molecule has 5 nitrogen and oxygen atoms in total. The Balaban J connectivity index is 1.48. The topological polar surface area (TPSA) is 55.0 Å². The van der Waals surface area contributed by atoms with Gasteiger partial charge < -0.3 is 14.2 Å². The third-order valence-corrected chi connectivity index (χ3v) is 6.07. The molecule has 0 spiro atoms. The first-order valence-corrected chi connectivity index (χ1v) is 10.2. The van der Waals surface area contributed by atoms with E-state index >= 15 is 0 Å². The molecule has 0 saturated carbocycles. The van der Waals surface area contributed by atoms with Crippen LogP contribution in [0, 0.1) is 6.92 Å². The van der Waals surface area contributed by atoms with Crippen molar-refractivity contribution in [3.63, 3.8) is 0 Å². The van der Waals surface area contributed by atoms with Gasteiger partial charge in [-0.1, -0.05) is 11.6 Å². The molecule has 0 atom stereocenters. The van der Waals surface area contributed by atoms with E-state index in [1.807, 2.05) is 43.3 Å². The standard InChI is InChI=1S/C23H23ClN2O3/c1-15-11-22-20(13-21(15)24)18(12-23(28)29-22)14-25-7-9-26(10-8-25)19-5-3-17(4-6-19)16(2)27/h3-6,11-13H,7-10,14H2,1-2H3/p+1. The SMILES string of the molecule is CC(=O)c1ccc(N2CC[NH+](Cc3cc(=O)oc4cc(C)c(Cl)cc34)CC2)cc1. The van der Waals surface area contributed by atoms with E-state index in [1.165, 1.54) is 4.90 Å². The Morgan fingerprint density at radius 2 is 1.83 bits per heavy atom. The van der Waals surface area contributed by atoms with E-state index in [-0.39, 0.29) is 11.4 Å². The molecule has 2 aromatic carbocycles. The molecule has 0 unspecified atom stereocenters. The molecule has 0 aliphatic carbocycles. The van der Waals surface area contributed by atoms with E-state index in [9.17, 15) is 9.59 Å². The summed E-state index contributed by atoms with van der Waals surface area (Å²) < 4.78 is 5.37. The second-order valence-corrected chi connectivity index (χ2v) is 8.11. The van der Waals surface area contributed by atoms with Crippen LogP contribution in [0.1, 0.15) is 28.4 Å². The van der Waals surface area contributed by atoms with Gasteiger partial charge in [0.15, 0.2) is 5.78 Å². The van der Waals surface area contributed by atoms with Crippen molar-refractivity contribution < 1.29 is 14.1 Å². The zero-order valence-electron chi connectivity index (χ0n) is 16.6. The Hall–Kier alpha value is -2.63. The first-order chi connectivity index (χ1) is 13.9. The predicted molar refractivity (Wildman–Crippen MR) is 115 cm³/mol. The molecule has 3 aromatic rings. The van der Waals surface area contributed by atoms with Crippen molar-refractivity contribution in [2.45, 2.75) is 20.4 Å². The number of hydrogen-bond acceptors (Lipinski definition) is 4. The average Bonchev–Trinajstić information content (AvgIpc) is 2.70. The van der Waals surface area contributed by atoms with E-state index in [0.29, 0.717) is 10.6 Å². The Kier molecular flexibility index (Phi) is 5.43. The summed E-state index contributed by atoms with van der Waals surface area (Å²) in [6, 6.07) is 13.1. The molecule has 150 valence electrons.